The number of nitrogens with two attached hydrogens (primary N) is 1. The van der Waals surface area contributed by atoms with Crippen LogP contribution in [0.5, 0.6) is 0 Å². The van der Waals surface area contributed by atoms with Crippen LogP contribution in [0.4, 0.5) is 13.2 Å². The molecule has 0 aliphatic carbocycles. The number of allylic oxidation sites excluding steroid dienone is 1. The molecule has 1 aromatic rings. The molecule has 0 radical (unpaired) electrons. The predicted octanol–water partition coefficient (Wildman–Crippen LogP) is -0.248. The van der Waals surface area contributed by atoms with Crippen molar-refractivity contribution in [3.05, 3.63) is 28.8 Å². The first kappa shape index (κ1) is 20.2. The van der Waals surface area contributed by atoms with Crippen molar-refractivity contribution in [2.75, 3.05) is 26.5 Å². The van der Waals surface area contributed by atoms with Crippen LogP contribution in [0.25, 0.3) is 0 Å². The van der Waals surface area contributed by atoms with Gasteiger partial charge >= 0.3 is 6.18 Å². The molecule has 1 aromatic heterocycles. The molecule has 4 N–H and O–H groups in total. The number of alkyl halides is 3. The van der Waals surface area contributed by atoms with Crippen molar-refractivity contribution < 1.29 is 26.3 Å². The van der Waals surface area contributed by atoms with Crippen molar-refractivity contribution in [3.8, 4) is 0 Å². The Morgan fingerprint density at radius 1 is 1.46 bits per heavy atom. The number of hydrogen-bond acceptors (Lipinski definition) is 8. The van der Waals surface area contributed by atoms with Gasteiger partial charge in [-0.1, -0.05) is 0 Å². The molecule has 146 valence electrons. The third-order valence-electron chi connectivity index (χ3n) is 3.66. The van der Waals surface area contributed by atoms with E-state index in [9.17, 15) is 21.6 Å². The van der Waals surface area contributed by atoms with Gasteiger partial charge in [0.15, 0.2) is 0 Å². The van der Waals surface area contributed by atoms with Gasteiger partial charge in [0.25, 0.3) is 10.0 Å². The molecule has 0 bridgehead atoms. The Balaban J connectivity index is 2.42. The highest BCUT2D eigenvalue weighted by Gasteiger charge is 2.42. The monoisotopic (exact) mass is 396 g/mol. The fourth-order valence-electron chi connectivity index (χ4n) is 2.30. The molecule has 2 rings (SSSR count). The maximum Gasteiger partial charge on any atom is 0.421 e. The van der Waals surface area contributed by atoms with E-state index in [0.29, 0.717) is 10.3 Å². The van der Waals surface area contributed by atoms with E-state index in [4.69, 9.17) is 10.5 Å². The zero-order valence-corrected chi connectivity index (χ0v) is 15.1. The first-order chi connectivity index (χ1) is 11.9. The molecular weight excluding hydrogens is 377 g/mol. The van der Waals surface area contributed by atoms with Crippen LogP contribution in [0.15, 0.2) is 22.6 Å². The van der Waals surface area contributed by atoms with E-state index in [0.717, 1.165) is 6.20 Å². The Labute approximate surface area is 148 Å². The predicted molar refractivity (Wildman–Crippen MR) is 87.7 cm³/mol. The first-order valence-corrected chi connectivity index (χ1v) is 8.96. The Morgan fingerprint density at radius 2 is 2.12 bits per heavy atom. The van der Waals surface area contributed by atoms with Gasteiger partial charge in [0, 0.05) is 20.4 Å². The summed E-state index contributed by atoms with van der Waals surface area (Å²) < 4.78 is 68.9. The Bertz CT molecular complexity index is 846. The Kier molecular flexibility index (Phi) is 5.35. The number of aryl methyl sites for hydroxylation is 1. The van der Waals surface area contributed by atoms with Gasteiger partial charge in [-0.2, -0.15) is 22.4 Å². The second-order valence-corrected chi connectivity index (χ2v) is 7.44. The highest BCUT2D eigenvalue weighted by Crippen LogP contribution is 2.31. The van der Waals surface area contributed by atoms with Crippen molar-refractivity contribution in [2.45, 2.75) is 18.9 Å². The highest BCUT2D eigenvalue weighted by molar-refractivity contribution is 7.89. The van der Waals surface area contributed by atoms with Crippen molar-refractivity contribution in [1.29, 1.82) is 0 Å². The molecule has 13 heteroatoms. The van der Waals surface area contributed by atoms with Gasteiger partial charge in [0.2, 0.25) is 5.79 Å². The van der Waals surface area contributed by atoms with E-state index in [1.807, 2.05) is 0 Å². The molecule has 1 aliphatic heterocycles. The van der Waals surface area contributed by atoms with Gasteiger partial charge in [-0.05, 0) is 6.92 Å². The SMILES string of the molecule is CNC1=C(C(F)(F)F)C=NC(N)(c2cn(S(=O)(=O)CCOC)nc2C)N1. The van der Waals surface area contributed by atoms with E-state index in [-0.39, 0.29) is 29.4 Å². The maximum atomic E-state index is 13.0. The molecule has 26 heavy (non-hydrogen) atoms. The second kappa shape index (κ2) is 6.89. The third-order valence-corrected chi connectivity index (χ3v) is 5.10. The van der Waals surface area contributed by atoms with E-state index in [2.05, 4.69) is 20.7 Å². The maximum absolute atomic E-state index is 13.0. The lowest BCUT2D eigenvalue weighted by molar-refractivity contribution is -0.0875. The summed E-state index contributed by atoms with van der Waals surface area (Å²) in [5, 5.41) is 8.74. The molecule has 0 saturated heterocycles. The van der Waals surface area contributed by atoms with Crippen LogP contribution in [0, 0.1) is 6.92 Å². The summed E-state index contributed by atoms with van der Waals surface area (Å²) in [4.78, 5) is 3.75. The minimum absolute atomic E-state index is 0.0394. The van der Waals surface area contributed by atoms with Crippen molar-refractivity contribution in [3.63, 3.8) is 0 Å². The zero-order valence-electron chi connectivity index (χ0n) is 14.3. The normalized spacial score (nSPS) is 21.0. The number of hydrogen-bond donors (Lipinski definition) is 3. The van der Waals surface area contributed by atoms with E-state index in [1.165, 1.54) is 21.1 Å². The summed E-state index contributed by atoms with van der Waals surface area (Å²) in [6.45, 7) is 1.44. The van der Waals surface area contributed by atoms with Gasteiger partial charge in [-0.3, -0.25) is 5.73 Å². The number of ether oxygens (including phenoxy) is 1. The van der Waals surface area contributed by atoms with E-state index >= 15 is 0 Å². The number of nitrogens with one attached hydrogen (secondary N) is 2. The van der Waals surface area contributed by atoms with Crippen molar-refractivity contribution in [2.24, 2.45) is 10.7 Å². The average molecular weight is 396 g/mol. The lowest BCUT2D eigenvalue weighted by atomic mass is 10.1. The summed E-state index contributed by atoms with van der Waals surface area (Å²) in [7, 11) is -1.16. The van der Waals surface area contributed by atoms with E-state index < -0.39 is 27.6 Å². The summed E-state index contributed by atoms with van der Waals surface area (Å²) in [5.74, 6) is -2.52. The second-order valence-electron chi connectivity index (χ2n) is 5.50. The molecule has 1 aliphatic rings. The quantitative estimate of drug-likeness (QED) is 0.606. The van der Waals surface area contributed by atoms with Gasteiger partial charge in [-0.25, -0.2) is 13.4 Å². The van der Waals surface area contributed by atoms with Crippen LogP contribution in [0.3, 0.4) is 0 Å². The topological polar surface area (TPSA) is 124 Å². The van der Waals surface area contributed by atoms with Crippen molar-refractivity contribution >= 4 is 16.2 Å². The van der Waals surface area contributed by atoms with Crippen LogP contribution < -0.4 is 16.4 Å². The Hall–Kier alpha value is -2.12. The molecule has 1 atom stereocenters. The van der Waals surface area contributed by atoms with Gasteiger partial charge < -0.3 is 15.4 Å². The molecule has 0 aromatic carbocycles. The van der Waals surface area contributed by atoms with Gasteiger partial charge in [-0.15, -0.1) is 0 Å². The van der Waals surface area contributed by atoms with Crippen molar-refractivity contribution in [1.82, 2.24) is 19.8 Å². The molecule has 0 saturated carbocycles. The minimum Gasteiger partial charge on any atom is -0.384 e. The lowest BCUT2D eigenvalue weighted by Gasteiger charge is -2.33. The van der Waals surface area contributed by atoms with E-state index in [1.54, 1.807) is 0 Å². The summed E-state index contributed by atoms with van der Waals surface area (Å²) in [6.07, 6.45) is -2.92. The summed E-state index contributed by atoms with van der Waals surface area (Å²) >= 11 is 0. The summed E-state index contributed by atoms with van der Waals surface area (Å²) in [6, 6.07) is 0. The largest absolute Gasteiger partial charge is 0.421 e. The van der Waals surface area contributed by atoms with Crippen LogP contribution in [-0.2, 0) is 20.5 Å². The first-order valence-electron chi connectivity index (χ1n) is 7.35. The van der Waals surface area contributed by atoms with Gasteiger partial charge in [0.1, 0.15) is 11.4 Å². The van der Waals surface area contributed by atoms with Crippen LogP contribution in [-0.4, -0.2) is 56.5 Å². The lowest BCUT2D eigenvalue weighted by Crippen LogP contribution is -2.54. The standard InChI is InChI=1S/C13H19F3N6O3S/c1-8-10(7-22(21-8)26(23,24)5-4-25-3)13(17)19-6-9(12(14,15)16)11(18-2)20-13/h6-7,18,20H,4-5,17H2,1-3H3. The van der Waals surface area contributed by atoms with Crippen LogP contribution in [0.1, 0.15) is 11.3 Å². The number of halogens is 3. The number of aliphatic imine (C=N–C) groups is 1. The highest BCUT2D eigenvalue weighted by atomic mass is 32.2. The fraction of sp³-hybridized carbons (Fsp3) is 0.538. The molecule has 9 nitrogen and oxygen atoms in total. The molecule has 0 spiro atoms. The zero-order chi connectivity index (χ0) is 19.8. The molecular formula is C13H19F3N6O3S. The molecule has 1 unspecified atom stereocenters. The summed E-state index contributed by atoms with van der Waals surface area (Å²) in [5.41, 5.74) is 5.37. The number of rotatable bonds is 6. The number of nitrogens with zero attached hydrogens (tertiary/aromatic N) is 3. The van der Waals surface area contributed by atoms with Crippen LogP contribution >= 0.6 is 0 Å². The molecule has 2 heterocycles. The molecule has 0 fully saturated rings. The fourth-order valence-corrected chi connectivity index (χ4v) is 3.38. The third kappa shape index (κ3) is 3.83. The average Bonchev–Trinajstić information content (AvgIpc) is 2.95. The van der Waals surface area contributed by atoms with Crippen LogP contribution in [0.2, 0.25) is 0 Å². The number of aromatic nitrogens is 2. The molecule has 0 amide bonds. The minimum atomic E-state index is -4.64. The Morgan fingerprint density at radius 3 is 2.65 bits per heavy atom. The smallest absolute Gasteiger partial charge is 0.384 e. The van der Waals surface area contributed by atoms with Gasteiger partial charge in [0.05, 0.1) is 29.8 Å². The number of methoxy groups -OCH3 is 1.